The molecule has 1 aliphatic heterocycles. The van der Waals surface area contributed by atoms with E-state index >= 15 is 0 Å². The summed E-state index contributed by atoms with van der Waals surface area (Å²) in [7, 11) is 0. The average molecular weight is 446 g/mol. The Labute approximate surface area is 192 Å². The third-order valence-corrected chi connectivity index (χ3v) is 5.47. The second kappa shape index (κ2) is 9.68. The summed E-state index contributed by atoms with van der Waals surface area (Å²) in [6.45, 7) is 6.52. The minimum atomic E-state index is -0.324. The number of aromatic amines is 1. The Hall–Kier alpha value is -3.94. The van der Waals surface area contributed by atoms with Gasteiger partial charge < -0.3 is 20.0 Å². The number of carbonyl (C=O) groups excluding carboxylic acids is 2. The van der Waals surface area contributed by atoms with Gasteiger partial charge in [-0.15, -0.1) is 0 Å². The Balaban J connectivity index is 1.54. The Morgan fingerprint density at radius 2 is 1.91 bits per heavy atom. The first-order valence-electron chi connectivity index (χ1n) is 11.1. The van der Waals surface area contributed by atoms with Crippen molar-refractivity contribution in [3.63, 3.8) is 0 Å². The SMILES string of the molecule is CCO/N=C(\CC)C(=O)Nc1ccc(C(=O)N2CCc3[nH]c(C)nc3-c3ccccc32)cc1. The molecule has 0 radical (unpaired) electrons. The first-order valence-corrected chi connectivity index (χ1v) is 11.1. The molecule has 1 aliphatic rings. The van der Waals surface area contributed by atoms with Crippen LogP contribution in [0, 0.1) is 6.92 Å². The van der Waals surface area contributed by atoms with Gasteiger partial charge in [0.05, 0.1) is 11.4 Å². The van der Waals surface area contributed by atoms with Crippen molar-refractivity contribution in [1.82, 2.24) is 9.97 Å². The number of aromatic nitrogens is 2. The van der Waals surface area contributed by atoms with Crippen LogP contribution in [0.4, 0.5) is 11.4 Å². The molecule has 8 heteroatoms. The second-order valence-electron chi connectivity index (χ2n) is 7.71. The van der Waals surface area contributed by atoms with Gasteiger partial charge in [-0.25, -0.2) is 4.98 Å². The fraction of sp³-hybridized carbons (Fsp3) is 0.280. The summed E-state index contributed by atoms with van der Waals surface area (Å²) in [4.78, 5) is 40.6. The summed E-state index contributed by atoms with van der Waals surface area (Å²) in [6.07, 6.45) is 1.14. The number of rotatable bonds is 6. The summed E-state index contributed by atoms with van der Waals surface area (Å²) in [5.74, 6) is 0.439. The smallest absolute Gasteiger partial charge is 0.273 e. The zero-order valence-corrected chi connectivity index (χ0v) is 19.0. The first-order chi connectivity index (χ1) is 16.0. The molecular formula is C25H27N5O3. The molecule has 0 unspecified atom stereocenters. The van der Waals surface area contributed by atoms with Crippen LogP contribution in [0.15, 0.2) is 53.7 Å². The number of nitrogens with one attached hydrogen (secondary N) is 2. The largest absolute Gasteiger partial charge is 0.396 e. The molecule has 2 heterocycles. The fourth-order valence-corrected chi connectivity index (χ4v) is 3.87. The fourth-order valence-electron chi connectivity index (χ4n) is 3.87. The van der Waals surface area contributed by atoms with Crippen molar-refractivity contribution in [3.8, 4) is 11.3 Å². The Bertz CT molecular complexity index is 1200. The van der Waals surface area contributed by atoms with E-state index in [1.807, 2.05) is 45.0 Å². The molecule has 4 rings (SSSR count). The van der Waals surface area contributed by atoms with Crippen LogP contribution in [0.3, 0.4) is 0 Å². The first kappa shape index (κ1) is 22.3. The van der Waals surface area contributed by atoms with E-state index in [0.717, 1.165) is 28.5 Å². The van der Waals surface area contributed by atoms with Crippen LogP contribution < -0.4 is 10.2 Å². The van der Waals surface area contributed by atoms with Crippen LogP contribution in [0.1, 0.15) is 42.1 Å². The minimum Gasteiger partial charge on any atom is -0.396 e. The van der Waals surface area contributed by atoms with E-state index in [9.17, 15) is 9.59 Å². The highest BCUT2D eigenvalue weighted by Gasteiger charge is 2.26. The summed E-state index contributed by atoms with van der Waals surface area (Å²) >= 11 is 0. The summed E-state index contributed by atoms with van der Waals surface area (Å²) < 4.78 is 0. The monoisotopic (exact) mass is 445 g/mol. The average Bonchev–Trinajstić information content (AvgIpc) is 3.13. The highest BCUT2D eigenvalue weighted by atomic mass is 16.6. The van der Waals surface area contributed by atoms with E-state index in [1.165, 1.54) is 0 Å². The van der Waals surface area contributed by atoms with E-state index in [1.54, 1.807) is 29.2 Å². The van der Waals surface area contributed by atoms with Gasteiger partial charge in [0.1, 0.15) is 18.1 Å². The maximum absolute atomic E-state index is 13.4. The van der Waals surface area contributed by atoms with Gasteiger partial charge in [-0.05, 0) is 50.6 Å². The number of benzene rings is 2. The molecule has 0 fully saturated rings. The molecule has 0 bridgehead atoms. The van der Waals surface area contributed by atoms with Gasteiger partial charge in [-0.2, -0.15) is 0 Å². The maximum Gasteiger partial charge on any atom is 0.273 e. The van der Waals surface area contributed by atoms with Crippen LogP contribution in [0.5, 0.6) is 0 Å². The van der Waals surface area contributed by atoms with E-state index in [0.29, 0.717) is 43.0 Å². The number of nitrogens with zero attached hydrogens (tertiary/aromatic N) is 3. The number of oxime groups is 1. The molecule has 0 aliphatic carbocycles. The van der Waals surface area contributed by atoms with E-state index in [-0.39, 0.29) is 11.8 Å². The predicted molar refractivity (Wildman–Crippen MR) is 129 cm³/mol. The molecular weight excluding hydrogens is 418 g/mol. The molecule has 0 saturated carbocycles. The van der Waals surface area contributed by atoms with Crippen LogP contribution >= 0.6 is 0 Å². The number of hydrogen-bond acceptors (Lipinski definition) is 5. The quantitative estimate of drug-likeness (QED) is 0.436. The number of anilines is 2. The van der Waals surface area contributed by atoms with Gasteiger partial charge in [0.2, 0.25) is 0 Å². The predicted octanol–water partition coefficient (Wildman–Crippen LogP) is 4.33. The Morgan fingerprint density at radius 3 is 2.64 bits per heavy atom. The third-order valence-electron chi connectivity index (χ3n) is 5.47. The second-order valence-corrected chi connectivity index (χ2v) is 7.71. The van der Waals surface area contributed by atoms with Gasteiger partial charge >= 0.3 is 0 Å². The van der Waals surface area contributed by atoms with E-state index < -0.39 is 0 Å². The number of carbonyl (C=O) groups is 2. The van der Waals surface area contributed by atoms with E-state index in [2.05, 4.69) is 20.4 Å². The molecule has 1 aromatic heterocycles. The summed E-state index contributed by atoms with van der Waals surface area (Å²) in [6, 6.07) is 14.7. The number of aryl methyl sites for hydroxylation is 1. The molecule has 2 amide bonds. The molecule has 0 spiro atoms. The number of amides is 2. The molecule has 0 atom stereocenters. The maximum atomic E-state index is 13.4. The Morgan fingerprint density at radius 1 is 1.15 bits per heavy atom. The highest BCUT2D eigenvalue weighted by molar-refractivity contribution is 6.42. The van der Waals surface area contributed by atoms with E-state index in [4.69, 9.17) is 4.84 Å². The molecule has 33 heavy (non-hydrogen) atoms. The molecule has 170 valence electrons. The highest BCUT2D eigenvalue weighted by Crippen LogP contribution is 2.35. The molecule has 0 saturated heterocycles. The molecule has 2 N–H and O–H groups in total. The zero-order valence-electron chi connectivity index (χ0n) is 19.0. The standard InChI is InChI=1S/C25H27N5O3/c1-4-20(29-33-5-2)24(31)28-18-12-10-17(11-13-18)25(32)30-15-14-21-23(27-16(3)26-21)19-8-6-7-9-22(19)30/h6-13H,4-5,14-15H2,1-3H3,(H,26,27)(H,28,31)/b29-20+. The number of fused-ring (bicyclic) bond motifs is 3. The van der Waals surface area contributed by atoms with Crippen molar-refractivity contribution in [2.75, 3.05) is 23.4 Å². The minimum absolute atomic E-state index is 0.102. The molecule has 2 aromatic carbocycles. The van der Waals surface area contributed by atoms with Crippen molar-refractivity contribution >= 4 is 28.9 Å². The summed E-state index contributed by atoms with van der Waals surface area (Å²) in [5.41, 5.74) is 5.14. The van der Waals surface area contributed by atoms with Gasteiger partial charge in [-0.3, -0.25) is 9.59 Å². The van der Waals surface area contributed by atoms with Crippen LogP contribution in [-0.2, 0) is 16.1 Å². The number of H-pyrrole nitrogens is 1. The number of hydrogen-bond donors (Lipinski definition) is 2. The van der Waals surface area contributed by atoms with Crippen molar-refractivity contribution in [3.05, 3.63) is 65.6 Å². The van der Waals surface area contributed by atoms with Crippen molar-refractivity contribution in [2.45, 2.75) is 33.6 Å². The topological polar surface area (TPSA) is 99.7 Å². The van der Waals surface area contributed by atoms with Gasteiger partial charge in [-0.1, -0.05) is 30.3 Å². The zero-order chi connectivity index (χ0) is 23.4. The van der Waals surface area contributed by atoms with Crippen LogP contribution in [0.25, 0.3) is 11.3 Å². The van der Waals surface area contributed by atoms with Crippen molar-refractivity contribution in [2.24, 2.45) is 5.16 Å². The lowest BCUT2D eigenvalue weighted by Gasteiger charge is -2.23. The van der Waals surface area contributed by atoms with Gasteiger partial charge in [0.15, 0.2) is 0 Å². The lowest BCUT2D eigenvalue weighted by molar-refractivity contribution is -0.110. The Kier molecular flexibility index (Phi) is 6.53. The number of imidazole rings is 1. The lowest BCUT2D eigenvalue weighted by Crippen LogP contribution is -2.32. The normalized spacial score (nSPS) is 13.1. The van der Waals surface area contributed by atoms with Gasteiger partial charge in [0.25, 0.3) is 11.8 Å². The molecule has 8 nitrogen and oxygen atoms in total. The van der Waals surface area contributed by atoms with Crippen molar-refractivity contribution in [1.29, 1.82) is 0 Å². The van der Waals surface area contributed by atoms with Crippen LogP contribution in [0.2, 0.25) is 0 Å². The van der Waals surface area contributed by atoms with Crippen LogP contribution in [-0.4, -0.2) is 40.6 Å². The molecule has 3 aromatic rings. The lowest BCUT2D eigenvalue weighted by atomic mass is 10.1. The van der Waals surface area contributed by atoms with Gasteiger partial charge in [0, 0.05) is 35.5 Å². The third kappa shape index (κ3) is 4.64. The summed E-state index contributed by atoms with van der Waals surface area (Å²) in [5, 5.41) is 6.65. The van der Waals surface area contributed by atoms with Crippen molar-refractivity contribution < 1.29 is 14.4 Å². The number of para-hydroxylation sites is 1.